The summed E-state index contributed by atoms with van der Waals surface area (Å²) in [7, 11) is 0. The van der Waals surface area contributed by atoms with Crippen LogP contribution in [0.2, 0.25) is 0 Å². The molecule has 1 nitrogen and oxygen atoms in total. The maximum atomic E-state index is 4.76. The second-order valence-electron chi connectivity index (χ2n) is 5.06. The van der Waals surface area contributed by atoms with Crippen molar-refractivity contribution in [2.24, 2.45) is 0 Å². The van der Waals surface area contributed by atoms with Gasteiger partial charge in [0.1, 0.15) is 0 Å². The Kier molecular flexibility index (Phi) is 1.89. The lowest BCUT2D eigenvalue weighted by Gasteiger charge is -2.00. The summed E-state index contributed by atoms with van der Waals surface area (Å²) in [5.74, 6) is 0. The molecule has 0 aliphatic carbocycles. The topological polar surface area (TPSA) is 14.1 Å². The van der Waals surface area contributed by atoms with E-state index in [2.05, 4.69) is 60.7 Å². The van der Waals surface area contributed by atoms with Crippen LogP contribution in [-0.4, -0.2) is 0 Å². The van der Waals surface area contributed by atoms with Crippen molar-refractivity contribution >= 4 is 53.3 Å². The molecule has 0 unspecified atom stereocenters. The molecular weight excluding hydrogens is 262 g/mol. The summed E-state index contributed by atoms with van der Waals surface area (Å²) in [5, 5.41) is 5.26. The lowest BCUT2D eigenvalue weighted by atomic mass is 10.1. The summed E-state index contributed by atoms with van der Waals surface area (Å²) < 4.78 is 2.69. The maximum absolute atomic E-state index is 4.76. The third kappa shape index (κ3) is 1.22. The van der Waals surface area contributed by atoms with Gasteiger partial charge in [0.2, 0.25) is 0 Å². The molecule has 0 fully saturated rings. The van der Waals surface area contributed by atoms with Crippen LogP contribution in [0.25, 0.3) is 42.0 Å². The van der Waals surface area contributed by atoms with Crippen molar-refractivity contribution in [3.63, 3.8) is 0 Å². The number of para-hydroxylation sites is 1. The number of hydrogen-bond acceptors (Lipinski definition) is 1. The molecule has 2 heterocycles. The minimum absolute atomic E-state index is 1.09. The van der Waals surface area contributed by atoms with E-state index in [0.717, 1.165) is 11.0 Å². The highest BCUT2D eigenvalue weighted by Gasteiger charge is 2.08. The summed E-state index contributed by atoms with van der Waals surface area (Å²) in [6.45, 7) is 0. The minimum atomic E-state index is 1.09. The smallest absolute Gasteiger partial charge is 0.0360 e. The van der Waals surface area contributed by atoms with Gasteiger partial charge in [-0.1, -0.05) is 48.5 Å². The van der Waals surface area contributed by atoms with Crippen LogP contribution in [0.15, 0.2) is 60.7 Å². The van der Waals surface area contributed by atoms with Crippen molar-refractivity contribution in [3.05, 3.63) is 60.7 Å². The van der Waals surface area contributed by atoms with Gasteiger partial charge in [-0.15, -0.1) is 22.4 Å². The van der Waals surface area contributed by atoms with Gasteiger partial charge in [0, 0.05) is 20.2 Å². The van der Waals surface area contributed by atoms with Crippen molar-refractivity contribution < 1.29 is 0 Å². The van der Waals surface area contributed by atoms with Crippen molar-refractivity contribution in [1.29, 1.82) is 0 Å². The van der Waals surface area contributed by atoms with E-state index in [1.165, 1.54) is 30.9 Å². The second-order valence-corrected chi connectivity index (χ2v) is 6.14. The molecule has 0 amide bonds. The van der Waals surface area contributed by atoms with Gasteiger partial charge in [0.25, 0.3) is 0 Å². The van der Waals surface area contributed by atoms with Crippen LogP contribution in [0.1, 0.15) is 0 Å². The fourth-order valence-corrected chi connectivity index (χ4v) is 4.20. The molecular formula is C18H10NS-. The first-order valence-electron chi connectivity index (χ1n) is 6.67. The zero-order chi connectivity index (χ0) is 13.1. The Morgan fingerprint density at radius 2 is 1.40 bits per heavy atom. The Balaban J connectivity index is 2.19. The van der Waals surface area contributed by atoms with E-state index >= 15 is 0 Å². The number of hydrogen-bond donors (Lipinski definition) is 0. The molecule has 5 rings (SSSR count). The largest absolute Gasteiger partial charge is 0.657 e. The number of thiophene rings is 1. The highest BCUT2D eigenvalue weighted by Crippen LogP contribution is 2.40. The zero-order valence-electron chi connectivity index (χ0n) is 10.6. The van der Waals surface area contributed by atoms with E-state index in [1.807, 2.05) is 11.3 Å². The van der Waals surface area contributed by atoms with Crippen LogP contribution in [0.4, 0.5) is 0 Å². The average Bonchev–Trinajstić information content (AvgIpc) is 3.04. The third-order valence-corrected chi connectivity index (χ3v) is 5.07. The van der Waals surface area contributed by atoms with Crippen molar-refractivity contribution in [3.8, 4) is 0 Å². The molecule has 0 aliphatic heterocycles. The van der Waals surface area contributed by atoms with Crippen LogP contribution in [0, 0.1) is 0 Å². The molecule has 94 valence electrons. The fourth-order valence-electron chi connectivity index (χ4n) is 3.08. The second kappa shape index (κ2) is 3.62. The predicted molar refractivity (Wildman–Crippen MR) is 87.7 cm³/mol. The van der Waals surface area contributed by atoms with E-state index in [4.69, 9.17) is 4.98 Å². The van der Waals surface area contributed by atoms with Crippen LogP contribution in [0.3, 0.4) is 0 Å². The van der Waals surface area contributed by atoms with E-state index in [1.54, 1.807) is 0 Å². The first-order chi connectivity index (χ1) is 9.92. The molecule has 3 aromatic carbocycles. The Labute approximate surface area is 119 Å². The van der Waals surface area contributed by atoms with Crippen molar-refractivity contribution in [2.75, 3.05) is 0 Å². The molecule has 2 aromatic heterocycles. The van der Waals surface area contributed by atoms with Crippen molar-refractivity contribution in [2.45, 2.75) is 0 Å². The van der Waals surface area contributed by atoms with Gasteiger partial charge in [-0.05, 0) is 22.9 Å². The predicted octanol–water partition coefficient (Wildman–Crippen LogP) is 5.32. The Bertz CT molecular complexity index is 1010. The van der Waals surface area contributed by atoms with Crippen LogP contribution in [0.5, 0.6) is 0 Å². The number of rotatable bonds is 0. The minimum Gasteiger partial charge on any atom is -0.657 e. The zero-order valence-corrected chi connectivity index (χ0v) is 11.4. The van der Waals surface area contributed by atoms with E-state index in [0.29, 0.717) is 0 Å². The number of fused-ring (bicyclic) bond motifs is 7. The highest BCUT2D eigenvalue weighted by atomic mass is 32.1. The van der Waals surface area contributed by atoms with E-state index in [-0.39, 0.29) is 0 Å². The van der Waals surface area contributed by atoms with Gasteiger partial charge in [0.05, 0.1) is 0 Å². The van der Waals surface area contributed by atoms with E-state index < -0.39 is 0 Å². The molecule has 0 N–H and O–H groups in total. The molecule has 0 saturated carbocycles. The number of aromatic nitrogens is 1. The standard InChI is InChI=1S/C18H10NS/c1-3-7-13-11(5-1)17-14(19-13)9-10-16-18(17)12-6-2-4-8-15(12)20-16/h1-10H/q-1. The average molecular weight is 272 g/mol. The van der Waals surface area contributed by atoms with Gasteiger partial charge in [-0.2, -0.15) is 0 Å². The monoisotopic (exact) mass is 272 g/mol. The van der Waals surface area contributed by atoms with Gasteiger partial charge >= 0.3 is 0 Å². The number of benzene rings is 3. The van der Waals surface area contributed by atoms with Gasteiger partial charge in [-0.3, -0.25) is 0 Å². The Morgan fingerprint density at radius 3 is 2.35 bits per heavy atom. The molecule has 0 radical (unpaired) electrons. The Hall–Kier alpha value is -2.32. The van der Waals surface area contributed by atoms with Crippen LogP contribution >= 0.6 is 11.3 Å². The third-order valence-electron chi connectivity index (χ3n) is 3.94. The highest BCUT2D eigenvalue weighted by molar-refractivity contribution is 7.26. The van der Waals surface area contributed by atoms with Crippen LogP contribution in [-0.2, 0) is 0 Å². The molecule has 2 heteroatoms. The number of nitrogens with zero attached hydrogens (tertiary/aromatic N) is 1. The molecule has 0 spiro atoms. The molecule has 0 bridgehead atoms. The summed E-state index contributed by atoms with van der Waals surface area (Å²) >= 11 is 1.86. The summed E-state index contributed by atoms with van der Waals surface area (Å²) in [6.07, 6.45) is 0. The lowest BCUT2D eigenvalue weighted by molar-refractivity contribution is 1.51. The van der Waals surface area contributed by atoms with Crippen molar-refractivity contribution in [1.82, 2.24) is 4.98 Å². The quantitative estimate of drug-likeness (QED) is 0.372. The van der Waals surface area contributed by atoms with Gasteiger partial charge < -0.3 is 4.98 Å². The maximum Gasteiger partial charge on any atom is 0.0360 e. The Morgan fingerprint density at radius 1 is 0.600 bits per heavy atom. The van der Waals surface area contributed by atoms with Crippen LogP contribution < -0.4 is 4.98 Å². The molecule has 0 saturated heterocycles. The molecule has 0 aliphatic rings. The van der Waals surface area contributed by atoms with Gasteiger partial charge in [-0.25, -0.2) is 0 Å². The van der Waals surface area contributed by atoms with Gasteiger partial charge in [0.15, 0.2) is 0 Å². The summed E-state index contributed by atoms with van der Waals surface area (Å²) in [4.78, 5) is 4.76. The summed E-state index contributed by atoms with van der Waals surface area (Å²) in [5.41, 5.74) is 2.19. The normalized spacial score (nSPS) is 12.0. The molecule has 0 atom stereocenters. The van der Waals surface area contributed by atoms with E-state index in [9.17, 15) is 0 Å². The first kappa shape index (κ1) is 10.5. The first-order valence-corrected chi connectivity index (χ1v) is 7.49. The SMILES string of the molecule is c1ccc2c(c1)[n-]c1ccc3sc4ccccc4c3c12. The lowest BCUT2D eigenvalue weighted by Crippen LogP contribution is -1.71. The fraction of sp³-hybridized carbons (Fsp3) is 0. The molecule has 5 aromatic rings. The summed E-state index contributed by atoms with van der Waals surface area (Å²) in [6, 6.07) is 21.4. The molecule has 20 heavy (non-hydrogen) atoms.